The van der Waals surface area contributed by atoms with Crippen molar-refractivity contribution >= 4 is 0 Å². The molecule has 74 valence electrons. The van der Waals surface area contributed by atoms with E-state index in [1.54, 1.807) is 0 Å². The van der Waals surface area contributed by atoms with Crippen LogP contribution in [-0.4, -0.2) is 35.3 Å². The number of rotatable bonds is 3. The summed E-state index contributed by atoms with van der Waals surface area (Å²) in [7, 11) is 4.16. The Kier molecular flexibility index (Phi) is 2.76. The van der Waals surface area contributed by atoms with Gasteiger partial charge in [0.1, 0.15) is 0 Å². The van der Waals surface area contributed by atoms with Crippen molar-refractivity contribution in [3.05, 3.63) is 18.0 Å². The fourth-order valence-corrected chi connectivity index (χ4v) is 1.60. The largest absolute Gasteiger partial charge is 0.307 e. The summed E-state index contributed by atoms with van der Waals surface area (Å²) >= 11 is 0. The van der Waals surface area contributed by atoms with Gasteiger partial charge in [-0.2, -0.15) is 5.10 Å². The first-order chi connectivity index (χ1) is 5.92. The zero-order chi connectivity index (χ0) is 10.1. The number of aromatic nitrogens is 2. The highest BCUT2D eigenvalue weighted by molar-refractivity contribution is 4.98. The van der Waals surface area contributed by atoms with Crippen molar-refractivity contribution in [3.8, 4) is 0 Å². The zero-order valence-electron chi connectivity index (χ0n) is 9.20. The van der Waals surface area contributed by atoms with Gasteiger partial charge in [-0.1, -0.05) is 0 Å². The van der Waals surface area contributed by atoms with Gasteiger partial charge in [-0.05, 0) is 40.9 Å². The van der Waals surface area contributed by atoms with Gasteiger partial charge in [0.25, 0.3) is 0 Å². The summed E-state index contributed by atoms with van der Waals surface area (Å²) in [5.74, 6) is 0. The van der Waals surface area contributed by atoms with E-state index in [-0.39, 0.29) is 5.54 Å². The molecule has 0 aromatic carbocycles. The van der Waals surface area contributed by atoms with E-state index in [1.807, 2.05) is 23.9 Å². The molecule has 0 saturated carbocycles. The van der Waals surface area contributed by atoms with Crippen LogP contribution in [0.2, 0.25) is 0 Å². The summed E-state index contributed by atoms with van der Waals surface area (Å²) in [5, 5.41) is 4.43. The normalized spacial score (nSPS) is 12.5. The fraction of sp³-hybridized carbons (Fsp3) is 0.700. The molecule has 13 heavy (non-hydrogen) atoms. The summed E-state index contributed by atoms with van der Waals surface area (Å²) in [6, 6.07) is 2.04. The van der Waals surface area contributed by atoms with Crippen LogP contribution in [0.5, 0.6) is 0 Å². The Hall–Kier alpha value is -0.830. The Morgan fingerprint density at radius 3 is 2.46 bits per heavy atom. The van der Waals surface area contributed by atoms with Crippen LogP contribution in [0.4, 0.5) is 0 Å². The average Bonchev–Trinajstić information content (AvgIpc) is 2.32. The van der Waals surface area contributed by atoms with Gasteiger partial charge in [-0.15, -0.1) is 0 Å². The third kappa shape index (κ3) is 2.56. The van der Waals surface area contributed by atoms with Gasteiger partial charge < -0.3 is 4.90 Å². The second-order valence-electron chi connectivity index (χ2n) is 4.45. The molecule has 1 heterocycles. The monoisotopic (exact) mass is 181 g/mol. The lowest BCUT2D eigenvalue weighted by atomic mass is 10.1. The lowest BCUT2D eigenvalue weighted by Crippen LogP contribution is -2.38. The van der Waals surface area contributed by atoms with Crippen molar-refractivity contribution in [2.75, 3.05) is 20.6 Å². The van der Waals surface area contributed by atoms with Crippen LogP contribution in [0.3, 0.4) is 0 Å². The van der Waals surface area contributed by atoms with Gasteiger partial charge >= 0.3 is 0 Å². The van der Waals surface area contributed by atoms with E-state index in [0.717, 1.165) is 12.2 Å². The Balaban J connectivity index is 2.80. The minimum absolute atomic E-state index is 0.0672. The minimum atomic E-state index is 0.0672. The molecule has 0 bridgehead atoms. The Labute approximate surface area is 80.4 Å². The maximum absolute atomic E-state index is 4.43. The third-order valence-corrected chi connectivity index (χ3v) is 2.05. The maximum atomic E-state index is 4.43. The predicted molar refractivity (Wildman–Crippen MR) is 54.8 cm³/mol. The molecule has 0 N–H and O–H groups in total. The molecule has 1 aromatic heterocycles. The van der Waals surface area contributed by atoms with Crippen LogP contribution in [0.1, 0.15) is 19.5 Å². The Bertz CT molecular complexity index is 273. The van der Waals surface area contributed by atoms with Crippen molar-refractivity contribution in [2.24, 2.45) is 0 Å². The molecule has 0 saturated heterocycles. The van der Waals surface area contributed by atoms with Crippen molar-refractivity contribution in [1.29, 1.82) is 0 Å². The Morgan fingerprint density at radius 2 is 2.08 bits per heavy atom. The van der Waals surface area contributed by atoms with Crippen LogP contribution < -0.4 is 0 Å². The van der Waals surface area contributed by atoms with E-state index >= 15 is 0 Å². The van der Waals surface area contributed by atoms with Gasteiger partial charge in [0, 0.05) is 12.7 Å². The highest BCUT2D eigenvalue weighted by atomic mass is 15.3. The van der Waals surface area contributed by atoms with Crippen LogP contribution in [0.25, 0.3) is 0 Å². The van der Waals surface area contributed by atoms with Gasteiger partial charge in [-0.25, -0.2) is 0 Å². The van der Waals surface area contributed by atoms with Crippen LogP contribution >= 0.6 is 0 Å². The van der Waals surface area contributed by atoms with Crippen LogP contribution in [0.15, 0.2) is 12.3 Å². The summed E-state index contributed by atoms with van der Waals surface area (Å²) in [5.41, 5.74) is 1.14. The van der Waals surface area contributed by atoms with Crippen molar-refractivity contribution < 1.29 is 0 Å². The first-order valence-electron chi connectivity index (χ1n) is 4.59. The first-order valence-corrected chi connectivity index (χ1v) is 4.59. The second kappa shape index (κ2) is 3.50. The van der Waals surface area contributed by atoms with E-state index in [9.17, 15) is 0 Å². The fourth-order valence-electron chi connectivity index (χ4n) is 1.60. The summed E-state index contributed by atoms with van der Waals surface area (Å²) < 4.78 is 2.03. The lowest BCUT2D eigenvalue weighted by molar-refractivity contribution is 0.222. The Morgan fingerprint density at radius 1 is 1.46 bits per heavy atom. The number of hydrogen-bond acceptors (Lipinski definition) is 2. The first kappa shape index (κ1) is 10.3. The van der Waals surface area contributed by atoms with Crippen LogP contribution in [0, 0.1) is 6.92 Å². The molecule has 3 nitrogen and oxygen atoms in total. The quantitative estimate of drug-likeness (QED) is 0.704. The number of nitrogens with zero attached hydrogens (tertiary/aromatic N) is 3. The smallest absolute Gasteiger partial charge is 0.0697 e. The topological polar surface area (TPSA) is 21.1 Å². The molecular weight excluding hydrogens is 162 g/mol. The summed E-state index contributed by atoms with van der Waals surface area (Å²) in [4.78, 5) is 2.18. The zero-order valence-corrected chi connectivity index (χ0v) is 9.20. The van der Waals surface area contributed by atoms with Gasteiger partial charge in [-0.3, -0.25) is 4.68 Å². The number of hydrogen-bond donors (Lipinski definition) is 0. The second-order valence-corrected chi connectivity index (χ2v) is 4.45. The molecule has 0 aliphatic heterocycles. The standard InChI is InChI=1S/C10H19N3/c1-9-6-7-13(11-9)10(2,3)8-12(4)5/h6-7H,8H2,1-5H3. The highest BCUT2D eigenvalue weighted by Gasteiger charge is 2.21. The molecule has 0 radical (unpaired) electrons. The van der Waals surface area contributed by atoms with E-state index in [2.05, 4.69) is 37.9 Å². The van der Waals surface area contributed by atoms with Gasteiger partial charge in [0.2, 0.25) is 0 Å². The molecule has 1 rings (SSSR count). The highest BCUT2D eigenvalue weighted by Crippen LogP contribution is 2.14. The molecule has 0 amide bonds. The van der Waals surface area contributed by atoms with E-state index in [1.165, 1.54) is 0 Å². The average molecular weight is 181 g/mol. The molecule has 1 aromatic rings. The van der Waals surface area contributed by atoms with E-state index in [0.29, 0.717) is 0 Å². The third-order valence-electron chi connectivity index (χ3n) is 2.05. The lowest BCUT2D eigenvalue weighted by Gasteiger charge is -2.28. The molecule has 0 aliphatic carbocycles. The molecule has 0 unspecified atom stereocenters. The number of likely N-dealkylation sites (N-methyl/N-ethyl adjacent to an activating group) is 1. The van der Waals surface area contributed by atoms with Gasteiger partial charge in [0.15, 0.2) is 0 Å². The number of aryl methyl sites for hydroxylation is 1. The van der Waals surface area contributed by atoms with Gasteiger partial charge in [0.05, 0.1) is 11.2 Å². The van der Waals surface area contributed by atoms with Crippen LogP contribution in [-0.2, 0) is 5.54 Å². The molecule has 0 atom stereocenters. The summed E-state index contributed by atoms with van der Waals surface area (Å²) in [6.45, 7) is 7.40. The SMILES string of the molecule is Cc1ccn(C(C)(C)CN(C)C)n1. The molecule has 0 spiro atoms. The molecule has 3 heteroatoms. The molecule has 0 aliphatic rings. The van der Waals surface area contributed by atoms with E-state index in [4.69, 9.17) is 0 Å². The molecule has 0 fully saturated rings. The summed E-state index contributed by atoms with van der Waals surface area (Å²) in [6.07, 6.45) is 2.04. The van der Waals surface area contributed by atoms with Crippen molar-refractivity contribution in [2.45, 2.75) is 26.3 Å². The van der Waals surface area contributed by atoms with E-state index < -0.39 is 0 Å². The van der Waals surface area contributed by atoms with Crippen molar-refractivity contribution in [3.63, 3.8) is 0 Å². The minimum Gasteiger partial charge on any atom is -0.307 e. The maximum Gasteiger partial charge on any atom is 0.0697 e. The predicted octanol–water partition coefficient (Wildman–Crippen LogP) is 1.49. The molecular formula is C10H19N3. The van der Waals surface area contributed by atoms with Crippen molar-refractivity contribution in [1.82, 2.24) is 14.7 Å².